The number of carbonyl (C=O) groups excluding carboxylic acids is 3. The van der Waals surface area contributed by atoms with Gasteiger partial charge in [0.25, 0.3) is 0 Å². The molecule has 0 radical (unpaired) electrons. The number of nitrogens with two attached hydrogens (primary N) is 1. The molecule has 4 unspecified atom stereocenters. The summed E-state index contributed by atoms with van der Waals surface area (Å²) in [4.78, 5) is 44.7. The molecule has 0 aromatic heterocycles. The highest BCUT2D eigenvalue weighted by atomic mass is 16.6. The van der Waals surface area contributed by atoms with Crippen LogP contribution in [0.3, 0.4) is 0 Å². The van der Waals surface area contributed by atoms with Crippen molar-refractivity contribution in [3.05, 3.63) is 0 Å². The maximum Gasteiger partial charge on any atom is 0.317 e. The second kappa shape index (κ2) is 16.1. The van der Waals surface area contributed by atoms with Crippen molar-refractivity contribution in [3.8, 4) is 0 Å². The molecule has 1 aliphatic rings. The first kappa shape index (κ1) is 37.2. The molecule has 0 saturated carbocycles. The van der Waals surface area contributed by atoms with Gasteiger partial charge in [0.2, 0.25) is 5.91 Å². The monoisotopic (exact) mass is 527 g/mol. The number of amides is 1. The lowest BCUT2D eigenvalue weighted by molar-refractivity contribution is -0.154. The van der Waals surface area contributed by atoms with Crippen molar-refractivity contribution in [2.75, 3.05) is 0 Å². The number of ether oxygens (including phenoxy) is 1. The van der Waals surface area contributed by atoms with E-state index in [0.29, 0.717) is 5.41 Å². The fourth-order valence-electron chi connectivity index (χ4n) is 4.96. The second-order valence-corrected chi connectivity index (χ2v) is 13.3. The molecule has 7 nitrogen and oxygen atoms in total. The third kappa shape index (κ3) is 12.4. The Morgan fingerprint density at radius 2 is 1.14 bits per heavy atom. The number of hydrogen-bond donors (Lipinski definition) is 2. The van der Waals surface area contributed by atoms with Crippen LogP contribution in [0.25, 0.3) is 0 Å². The highest BCUT2D eigenvalue weighted by molar-refractivity contribution is 5.96. The summed E-state index contributed by atoms with van der Waals surface area (Å²) in [6.07, 6.45) is 1.34. The zero-order chi connectivity index (χ0) is 30.0. The molecular weight excluding hydrogens is 470 g/mol. The van der Waals surface area contributed by atoms with Gasteiger partial charge < -0.3 is 15.6 Å². The first-order chi connectivity index (χ1) is 16.6. The van der Waals surface area contributed by atoms with Crippen LogP contribution in [-0.4, -0.2) is 28.9 Å². The van der Waals surface area contributed by atoms with E-state index in [1.165, 1.54) is 6.42 Å². The van der Waals surface area contributed by atoms with Crippen LogP contribution in [0.4, 0.5) is 0 Å². The molecule has 1 amide bonds. The Morgan fingerprint density at radius 1 is 0.784 bits per heavy atom. The average Bonchev–Trinajstić information content (AvgIpc) is 2.98. The number of carboxylic acids is 1. The lowest BCUT2D eigenvalue weighted by Gasteiger charge is -2.30. The van der Waals surface area contributed by atoms with Gasteiger partial charge in [-0.15, -0.1) is 0 Å². The molecule has 1 saturated heterocycles. The van der Waals surface area contributed by atoms with Gasteiger partial charge in [-0.3, -0.25) is 19.2 Å². The van der Waals surface area contributed by atoms with Crippen LogP contribution in [0.2, 0.25) is 0 Å². The van der Waals surface area contributed by atoms with E-state index >= 15 is 0 Å². The summed E-state index contributed by atoms with van der Waals surface area (Å²) in [5.41, 5.74) is 5.73. The van der Waals surface area contributed by atoms with Gasteiger partial charge >= 0.3 is 17.9 Å². The molecule has 37 heavy (non-hydrogen) atoms. The van der Waals surface area contributed by atoms with E-state index in [0.717, 1.165) is 11.8 Å². The Morgan fingerprint density at radius 3 is 1.27 bits per heavy atom. The third-order valence-electron chi connectivity index (χ3n) is 7.50. The Kier molecular flexibility index (Phi) is 16.2. The van der Waals surface area contributed by atoms with E-state index in [2.05, 4.69) is 46.3 Å². The molecule has 1 heterocycles. The molecule has 0 bridgehead atoms. The number of hydrogen-bond acceptors (Lipinski definition) is 5. The van der Waals surface area contributed by atoms with E-state index in [1.807, 2.05) is 41.5 Å². The topological polar surface area (TPSA) is 124 Å². The van der Waals surface area contributed by atoms with Crippen LogP contribution in [0, 0.1) is 64.6 Å². The van der Waals surface area contributed by atoms with Gasteiger partial charge in [0.05, 0.1) is 23.7 Å². The third-order valence-corrected chi connectivity index (χ3v) is 7.50. The summed E-state index contributed by atoms with van der Waals surface area (Å²) in [6, 6.07) is 0. The molecular formula is C30H57NO6. The van der Waals surface area contributed by atoms with Gasteiger partial charge in [0.15, 0.2) is 0 Å². The highest BCUT2D eigenvalue weighted by Gasteiger charge is 2.47. The fourth-order valence-corrected chi connectivity index (χ4v) is 4.96. The largest absolute Gasteiger partial charge is 0.481 e. The molecule has 0 spiro atoms. The summed E-state index contributed by atoms with van der Waals surface area (Å²) in [6.45, 7) is 28.9. The minimum absolute atomic E-state index is 0.0454. The summed E-state index contributed by atoms with van der Waals surface area (Å²) < 4.78 is 4.63. The number of aliphatic carboxylic acids is 1. The van der Waals surface area contributed by atoms with Crippen molar-refractivity contribution in [3.63, 3.8) is 0 Å². The summed E-state index contributed by atoms with van der Waals surface area (Å²) >= 11 is 0. The van der Waals surface area contributed by atoms with Gasteiger partial charge in [0, 0.05) is 0 Å². The SMILES string of the molecule is CC(C)C(C(N)=O)C(C(=O)O)C(C)C.CC(C)C1C(=O)OC(=O)C1C(C)C.CC(C)CC(C)(C)C(C)C. The first-order valence-corrected chi connectivity index (χ1v) is 13.9. The normalized spacial score (nSPS) is 19.6. The standard InChI is InChI=1S/C10H19NO3.C10H16O3.C10H22/c1-5(2)7(9(11)12)8(6(3)4)10(13)14;1-5(2)7-8(6(3)4)10(12)13-9(7)11;1-8(2)7-10(5,6)9(3)4/h5-8H,1-4H3,(H2,11,12)(H,13,14);5-8H,1-4H3;8-9H,7H2,1-6H3. The summed E-state index contributed by atoms with van der Waals surface area (Å²) in [5, 5.41) is 9.00. The van der Waals surface area contributed by atoms with Crippen LogP contribution < -0.4 is 5.73 Å². The van der Waals surface area contributed by atoms with Gasteiger partial charge in [-0.05, 0) is 47.3 Å². The van der Waals surface area contributed by atoms with E-state index < -0.39 is 23.7 Å². The second-order valence-electron chi connectivity index (χ2n) is 13.3. The molecule has 0 aromatic carbocycles. The molecule has 1 rings (SSSR count). The van der Waals surface area contributed by atoms with Crippen LogP contribution in [0.1, 0.15) is 103 Å². The number of rotatable bonds is 10. The lowest BCUT2D eigenvalue weighted by Crippen LogP contribution is -2.40. The fraction of sp³-hybridized carbons (Fsp3) is 0.867. The Labute approximate surface area is 226 Å². The Balaban J connectivity index is 0. The molecule has 7 heteroatoms. The van der Waals surface area contributed by atoms with Crippen molar-refractivity contribution >= 4 is 23.8 Å². The molecule has 1 aliphatic heterocycles. The van der Waals surface area contributed by atoms with Crippen LogP contribution in [-0.2, 0) is 23.9 Å². The van der Waals surface area contributed by atoms with Gasteiger partial charge in [0.1, 0.15) is 0 Å². The van der Waals surface area contributed by atoms with Crippen molar-refractivity contribution < 1.29 is 29.0 Å². The number of esters is 2. The zero-order valence-corrected chi connectivity index (χ0v) is 26.0. The van der Waals surface area contributed by atoms with E-state index in [4.69, 9.17) is 10.8 Å². The molecule has 0 aliphatic carbocycles. The highest BCUT2D eigenvalue weighted by Crippen LogP contribution is 2.35. The molecule has 3 N–H and O–H groups in total. The number of primary amides is 1. The van der Waals surface area contributed by atoms with Crippen LogP contribution >= 0.6 is 0 Å². The van der Waals surface area contributed by atoms with Crippen molar-refractivity contribution in [2.45, 2.75) is 103 Å². The number of carbonyl (C=O) groups is 4. The maximum atomic E-state index is 11.3. The molecule has 1 fully saturated rings. The van der Waals surface area contributed by atoms with Crippen LogP contribution in [0.15, 0.2) is 0 Å². The molecule has 4 atom stereocenters. The lowest BCUT2D eigenvalue weighted by atomic mass is 9.75. The van der Waals surface area contributed by atoms with Crippen molar-refractivity contribution in [2.24, 2.45) is 70.3 Å². The molecule has 0 aromatic rings. The van der Waals surface area contributed by atoms with Gasteiger partial charge in [-0.2, -0.15) is 0 Å². The first-order valence-electron chi connectivity index (χ1n) is 13.9. The van der Waals surface area contributed by atoms with Gasteiger partial charge in [-0.1, -0.05) is 96.9 Å². The number of cyclic esters (lactones) is 2. The Bertz CT molecular complexity index is 688. The van der Waals surface area contributed by atoms with Crippen molar-refractivity contribution in [1.29, 1.82) is 0 Å². The minimum Gasteiger partial charge on any atom is -0.481 e. The smallest absolute Gasteiger partial charge is 0.317 e. The van der Waals surface area contributed by atoms with E-state index in [9.17, 15) is 19.2 Å². The van der Waals surface area contributed by atoms with Crippen LogP contribution in [0.5, 0.6) is 0 Å². The van der Waals surface area contributed by atoms with Gasteiger partial charge in [-0.25, -0.2) is 0 Å². The number of carboxylic acid groups (broad SMARTS) is 1. The minimum atomic E-state index is -0.947. The Hall–Kier alpha value is -1.92. The van der Waals surface area contributed by atoms with E-state index in [1.54, 1.807) is 13.8 Å². The summed E-state index contributed by atoms with van der Waals surface area (Å²) in [5.74, 6) is -2.09. The van der Waals surface area contributed by atoms with E-state index in [-0.39, 0.29) is 47.4 Å². The summed E-state index contributed by atoms with van der Waals surface area (Å²) in [7, 11) is 0. The zero-order valence-electron chi connectivity index (χ0n) is 26.0. The molecule has 218 valence electrons. The maximum absolute atomic E-state index is 11.3. The average molecular weight is 528 g/mol. The predicted octanol–water partition coefficient (Wildman–Crippen LogP) is 6.43. The predicted molar refractivity (Wildman–Crippen MR) is 149 cm³/mol. The van der Waals surface area contributed by atoms with Crippen molar-refractivity contribution in [1.82, 2.24) is 0 Å². The quantitative estimate of drug-likeness (QED) is 0.249.